The lowest BCUT2D eigenvalue weighted by atomic mass is 9.93. The standard InChI is InChI=1S/C15H20N2O/c1-13(14-5-3-2-4-6-14)11-15(12-16)17-7-9-18-10-8-17/h2-6,13,15H,7-11H2,1H3. The van der Waals surface area contributed by atoms with E-state index in [9.17, 15) is 5.26 Å². The van der Waals surface area contributed by atoms with Crippen LogP contribution in [-0.4, -0.2) is 37.2 Å². The molecular weight excluding hydrogens is 224 g/mol. The van der Waals surface area contributed by atoms with Crippen LogP contribution in [0.3, 0.4) is 0 Å². The summed E-state index contributed by atoms with van der Waals surface area (Å²) in [4.78, 5) is 2.24. The number of hydrogen-bond donors (Lipinski definition) is 0. The summed E-state index contributed by atoms with van der Waals surface area (Å²) in [7, 11) is 0. The predicted octanol–water partition coefficient (Wildman–Crippen LogP) is 2.40. The van der Waals surface area contributed by atoms with Gasteiger partial charge in [-0.05, 0) is 17.9 Å². The van der Waals surface area contributed by atoms with Gasteiger partial charge in [0.2, 0.25) is 0 Å². The maximum atomic E-state index is 9.34. The van der Waals surface area contributed by atoms with E-state index in [4.69, 9.17) is 4.74 Å². The molecule has 1 heterocycles. The minimum absolute atomic E-state index is 0.00380. The Kier molecular flexibility index (Phi) is 4.74. The van der Waals surface area contributed by atoms with E-state index in [0.29, 0.717) is 5.92 Å². The molecule has 0 aliphatic carbocycles. The normalized spacial score (nSPS) is 20.0. The van der Waals surface area contributed by atoms with Crippen molar-refractivity contribution >= 4 is 0 Å². The van der Waals surface area contributed by atoms with E-state index in [1.165, 1.54) is 5.56 Å². The Morgan fingerprint density at radius 1 is 1.28 bits per heavy atom. The first-order valence-corrected chi connectivity index (χ1v) is 6.57. The van der Waals surface area contributed by atoms with Gasteiger partial charge in [-0.3, -0.25) is 4.90 Å². The number of nitriles is 1. The fraction of sp³-hybridized carbons (Fsp3) is 0.533. The molecule has 18 heavy (non-hydrogen) atoms. The van der Waals surface area contributed by atoms with E-state index in [2.05, 4.69) is 42.2 Å². The van der Waals surface area contributed by atoms with Crippen LogP contribution in [0.25, 0.3) is 0 Å². The van der Waals surface area contributed by atoms with Gasteiger partial charge in [-0.15, -0.1) is 0 Å². The molecular formula is C15H20N2O. The summed E-state index contributed by atoms with van der Waals surface area (Å²) in [6.45, 7) is 5.44. The Labute approximate surface area is 109 Å². The second-order valence-electron chi connectivity index (χ2n) is 4.84. The molecule has 0 saturated carbocycles. The molecule has 1 saturated heterocycles. The van der Waals surface area contributed by atoms with Crippen LogP contribution in [0.5, 0.6) is 0 Å². The van der Waals surface area contributed by atoms with E-state index in [1.54, 1.807) is 0 Å². The summed E-state index contributed by atoms with van der Waals surface area (Å²) < 4.78 is 5.33. The van der Waals surface area contributed by atoms with Gasteiger partial charge in [0.05, 0.1) is 25.3 Å². The molecule has 1 fully saturated rings. The third-order valence-corrected chi connectivity index (χ3v) is 3.58. The first-order valence-electron chi connectivity index (χ1n) is 6.57. The highest BCUT2D eigenvalue weighted by Crippen LogP contribution is 2.22. The SMILES string of the molecule is CC(CC(C#N)N1CCOCC1)c1ccccc1. The van der Waals surface area contributed by atoms with E-state index in [1.807, 2.05) is 6.07 Å². The zero-order valence-corrected chi connectivity index (χ0v) is 10.9. The second kappa shape index (κ2) is 6.53. The number of ether oxygens (including phenoxy) is 1. The number of nitrogens with zero attached hydrogens (tertiary/aromatic N) is 2. The van der Waals surface area contributed by atoms with Crippen LogP contribution >= 0.6 is 0 Å². The smallest absolute Gasteiger partial charge is 0.0985 e. The Balaban J connectivity index is 1.96. The monoisotopic (exact) mass is 244 g/mol. The molecule has 0 bridgehead atoms. The van der Waals surface area contributed by atoms with Crippen molar-refractivity contribution in [3.05, 3.63) is 35.9 Å². The molecule has 1 aliphatic rings. The first-order chi connectivity index (χ1) is 8.81. The van der Waals surface area contributed by atoms with E-state index < -0.39 is 0 Å². The molecule has 2 rings (SSSR count). The molecule has 0 aromatic heterocycles. The van der Waals surface area contributed by atoms with Crippen molar-refractivity contribution in [1.29, 1.82) is 5.26 Å². The maximum absolute atomic E-state index is 9.34. The Morgan fingerprint density at radius 3 is 2.56 bits per heavy atom. The fourth-order valence-corrected chi connectivity index (χ4v) is 2.43. The Bertz CT molecular complexity index is 393. The molecule has 1 aromatic carbocycles. The summed E-state index contributed by atoms with van der Waals surface area (Å²) in [6, 6.07) is 12.9. The number of hydrogen-bond acceptors (Lipinski definition) is 3. The van der Waals surface area contributed by atoms with Crippen molar-refractivity contribution in [2.45, 2.75) is 25.3 Å². The molecule has 0 spiro atoms. The van der Waals surface area contributed by atoms with Gasteiger partial charge in [-0.25, -0.2) is 0 Å². The molecule has 0 radical (unpaired) electrons. The Hall–Kier alpha value is -1.37. The van der Waals surface area contributed by atoms with E-state index >= 15 is 0 Å². The molecule has 96 valence electrons. The quantitative estimate of drug-likeness (QED) is 0.816. The van der Waals surface area contributed by atoms with Crippen molar-refractivity contribution in [2.75, 3.05) is 26.3 Å². The lowest BCUT2D eigenvalue weighted by Crippen LogP contribution is -2.43. The zero-order valence-electron chi connectivity index (χ0n) is 10.9. The lowest BCUT2D eigenvalue weighted by Gasteiger charge is -2.31. The number of benzene rings is 1. The summed E-state index contributed by atoms with van der Waals surface area (Å²) in [5.74, 6) is 0.415. The van der Waals surface area contributed by atoms with Gasteiger partial charge >= 0.3 is 0 Å². The molecule has 2 atom stereocenters. The molecule has 2 unspecified atom stereocenters. The molecule has 3 nitrogen and oxygen atoms in total. The largest absolute Gasteiger partial charge is 0.379 e. The minimum Gasteiger partial charge on any atom is -0.379 e. The zero-order chi connectivity index (χ0) is 12.8. The van der Waals surface area contributed by atoms with Crippen LogP contribution in [0.1, 0.15) is 24.8 Å². The third-order valence-electron chi connectivity index (χ3n) is 3.58. The van der Waals surface area contributed by atoms with Crippen LogP contribution < -0.4 is 0 Å². The van der Waals surface area contributed by atoms with Gasteiger partial charge in [0.25, 0.3) is 0 Å². The van der Waals surface area contributed by atoms with Crippen molar-refractivity contribution in [3.8, 4) is 6.07 Å². The topological polar surface area (TPSA) is 36.3 Å². The average Bonchev–Trinajstić information content (AvgIpc) is 2.46. The summed E-state index contributed by atoms with van der Waals surface area (Å²) in [6.07, 6.45) is 0.889. The van der Waals surface area contributed by atoms with Crippen molar-refractivity contribution < 1.29 is 4.74 Å². The minimum atomic E-state index is 0.00380. The van der Waals surface area contributed by atoms with Crippen LogP contribution in [0.4, 0.5) is 0 Å². The molecule has 1 aromatic rings. The van der Waals surface area contributed by atoms with Gasteiger partial charge in [0.1, 0.15) is 0 Å². The lowest BCUT2D eigenvalue weighted by molar-refractivity contribution is 0.0246. The highest BCUT2D eigenvalue weighted by atomic mass is 16.5. The van der Waals surface area contributed by atoms with Crippen LogP contribution in [0, 0.1) is 11.3 Å². The molecule has 0 N–H and O–H groups in total. The van der Waals surface area contributed by atoms with Crippen molar-refractivity contribution in [2.24, 2.45) is 0 Å². The van der Waals surface area contributed by atoms with Gasteiger partial charge < -0.3 is 4.74 Å². The van der Waals surface area contributed by atoms with Crippen molar-refractivity contribution in [3.63, 3.8) is 0 Å². The van der Waals surface area contributed by atoms with Crippen LogP contribution in [-0.2, 0) is 4.74 Å². The fourth-order valence-electron chi connectivity index (χ4n) is 2.43. The summed E-state index contributed by atoms with van der Waals surface area (Å²) in [5, 5.41) is 9.34. The summed E-state index contributed by atoms with van der Waals surface area (Å²) in [5.41, 5.74) is 1.31. The third kappa shape index (κ3) is 3.32. The van der Waals surface area contributed by atoms with E-state index in [0.717, 1.165) is 32.7 Å². The highest BCUT2D eigenvalue weighted by Gasteiger charge is 2.22. The van der Waals surface area contributed by atoms with Crippen molar-refractivity contribution in [1.82, 2.24) is 4.90 Å². The average molecular weight is 244 g/mol. The maximum Gasteiger partial charge on any atom is 0.0985 e. The second-order valence-corrected chi connectivity index (χ2v) is 4.84. The highest BCUT2D eigenvalue weighted by molar-refractivity contribution is 5.19. The van der Waals surface area contributed by atoms with Gasteiger partial charge in [-0.1, -0.05) is 37.3 Å². The molecule has 3 heteroatoms. The first kappa shape index (κ1) is 13.1. The van der Waals surface area contributed by atoms with E-state index in [-0.39, 0.29) is 6.04 Å². The molecule has 0 amide bonds. The van der Waals surface area contributed by atoms with Gasteiger partial charge in [-0.2, -0.15) is 5.26 Å². The number of morpholine rings is 1. The molecule has 1 aliphatic heterocycles. The summed E-state index contributed by atoms with van der Waals surface area (Å²) >= 11 is 0. The van der Waals surface area contributed by atoms with Crippen LogP contribution in [0.15, 0.2) is 30.3 Å². The number of rotatable bonds is 4. The predicted molar refractivity (Wildman–Crippen MR) is 71.3 cm³/mol. The Morgan fingerprint density at radius 2 is 1.94 bits per heavy atom. The van der Waals surface area contributed by atoms with Gasteiger partial charge in [0, 0.05) is 13.1 Å². The van der Waals surface area contributed by atoms with Gasteiger partial charge in [0.15, 0.2) is 0 Å². The van der Waals surface area contributed by atoms with Crippen LogP contribution in [0.2, 0.25) is 0 Å².